The highest BCUT2D eigenvalue weighted by atomic mass is 16.5. The lowest BCUT2D eigenvalue weighted by Crippen LogP contribution is -2.40. The maximum absolute atomic E-state index is 9.28. The summed E-state index contributed by atoms with van der Waals surface area (Å²) in [6, 6.07) is 12.0. The number of nitriles is 1. The van der Waals surface area contributed by atoms with Crippen LogP contribution >= 0.6 is 0 Å². The van der Waals surface area contributed by atoms with Crippen LogP contribution in [0.2, 0.25) is 0 Å². The number of allylic oxidation sites excluding steroid dienone is 1. The zero-order valence-electron chi connectivity index (χ0n) is 9.58. The lowest BCUT2D eigenvalue weighted by atomic mass is 9.79. The Balaban J connectivity index is 2.10. The third kappa shape index (κ3) is 1.51. The van der Waals surface area contributed by atoms with Gasteiger partial charge in [0.15, 0.2) is 6.23 Å². The molecule has 18 heavy (non-hydrogen) atoms. The highest BCUT2D eigenvalue weighted by Crippen LogP contribution is 2.39. The van der Waals surface area contributed by atoms with Crippen LogP contribution in [0.15, 0.2) is 46.9 Å². The molecule has 0 saturated heterocycles. The fourth-order valence-electron chi connectivity index (χ4n) is 2.45. The van der Waals surface area contributed by atoms with Crippen LogP contribution < -0.4 is 11.2 Å². The van der Waals surface area contributed by atoms with Gasteiger partial charge >= 0.3 is 0 Å². The maximum atomic E-state index is 9.28. The normalized spacial score (nSPS) is 29.2. The summed E-state index contributed by atoms with van der Waals surface area (Å²) in [5.41, 5.74) is 10.2. The summed E-state index contributed by atoms with van der Waals surface area (Å²) in [7, 11) is 0. The zero-order chi connectivity index (χ0) is 12.5. The Morgan fingerprint density at radius 2 is 2.11 bits per heavy atom. The Bertz CT molecular complexity index is 558. The van der Waals surface area contributed by atoms with Gasteiger partial charge in [0.1, 0.15) is 6.07 Å². The van der Waals surface area contributed by atoms with Crippen molar-refractivity contribution in [3.63, 3.8) is 0 Å². The second kappa shape index (κ2) is 4.08. The third-order valence-electron chi connectivity index (χ3n) is 3.29. The fraction of sp³-hybridized carbons (Fsp3) is 0.231. The molecular formula is C13H12N4O. The van der Waals surface area contributed by atoms with E-state index in [2.05, 4.69) is 16.6 Å². The fourth-order valence-corrected chi connectivity index (χ4v) is 2.45. The highest BCUT2D eigenvalue weighted by molar-refractivity contribution is 5.68. The number of ether oxygens (including phenoxy) is 1. The van der Waals surface area contributed by atoms with E-state index < -0.39 is 0 Å². The van der Waals surface area contributed by atoms with E-state index in [9.17, 15) is 5.26 Å². The van der Waals surface area contributed by atoms with E-state index in [1.54, 1.807) is 6.21 Å². The average molecular weight is 240 g/mol. The molecule has 0 saturated carbocycles. The van der Waals surface area contributed by atoms with Gasteiger partial charge in [0.05, 0.1) is 11.5 Å². The van der Waals surface area contributed by atoms with Gasteiger partial charge in [-0.1, -0.05) is 30.3 Å². The number of benzene rings is 1. The number of nitrogens with zero attached hydrogens (tertiary/aromatic N) is 2. The summed E-state index contributed by atoms with van der Waals surface area (Å²) in [5.74, 6) is 0.0775. The second-order valence-electron chi connectivity index (χ2n) is 4.30. The van der Waals surface area contributed by atoms with E-state index in [-0.39, 0.29) is 23.9 Å². The number of hydrazone groups is 1. The number of nitrogens with two attached hydrogens (primary N) is 1. The van der Waals surface area contributed by atoms with Crippen molar-refractivity contribution in [2.24, 2.45) is 16.8 Å². The summed E-state index contributed by atoms with van der Waals surface area (Å²) in [5, 5.41) is 13.3. The van der Waals surface area contributed by atoms with Crippen LogP contribution in [0.4, 0.5) is 0 Å². The molecule has 5 heteroatoms. The van der Waals surface area contributed by atoms with Crippen molar-refractivity contribution in [3.05, 3.63) is 47.4 Å². The van der Waals surface area contributed by atoms with Gasteiger partial charge in [0, 0.05) is 12.1 Å². The minimum atomic E-state index is -0.285. The first kappa shape index (κ1) is 10.7. The smallest absolute Gasteiger partial charge is 0.201 e. The zero-order valence-corrected chi connectivity index (χ0v) is 9.58. The summed E-state index contributed by atoms with van der Waals surface area (Å²) in [6.07, 6.45) is 1.50. The topological polar surface area (TPSA) is 83.4 Å². The number of hydrogen-bond acceptors (Lipinski definition) is 5. The molecular weight excluding hydrogens is 228 g/mol. The van der Waals surface area contributed by atoms with Crippen LogP contribution in [0.1, 0.15) is 11.5 Å². The summed E-state index contributed by atoms with van der Waals surface area (Å²) < 4.78 is 5.46. The van der Waals surface area contributed by atoms with Gasteiger partial charge in [-0.25, -0.2) is 0 Å². The Morgan fingerprint density at radius 3 is 2.83 bits per heavy atom. The standard InChI is InChI=1S/C13H12N4O/c14-6-9-11(8-4-2-1-3-5-8)10-7-16-17-13(10)18-12(9)15/h1-5,7,10-11,13,17H,15H2. The van der Waals surface area contributed by atoms with Crippen LogP contribution in [0.25, 0.3) is 0 Å². The lowest BCUT2D eigenvalue weighted by molar-refractivity contribution is 0.0463. The molecule has 1 aromatic carbocycles. The molecule has 2 aliphatic rings. The molecule has 0 fully saturated rings. The number of rotatable bonds is 1. The van der Waals surface area contributed by atoms with E-state index in [0.29, 0.717) is 5.57 Å². The van der Waals surface area contributed by atoms with E-state index in [1.165, 1.54) is 0 Å². The van der Waals surface area contributed by atoms with Crippen molar-refractivity contribution >= 4 is 6.21 Å². The van der Waals surface area contributed by atoms with E-state index >= 15 is 0 Å². The van der Waals surface area contributed by atoms with Crippen LogP contribution in [-0.4, -0.2) is 12.4 Å². The molecule has 0 aliphatic carbocycles. The van der Waals surface area contributed by atoms with Crippen molar-refractivity contribution in [1.29, 1.82) is 5.26 Å². The van der Waals surface area contributed by atoms with Crippen LogP contribution in [0.5, 0.6) is 0 Å². The second-order valence-corrected chi connectivity index (χ2v) is 4.30. The molecule has 0 spiro atoms. The molecule has 2 aliphatic heterocycles. The summed E-state index contributed by atoms with van der Waals surface area (Å²) >= 11 is 0. The average Bonchev–Trinajstić information content (AvgIpc) is 2.85. The Hall–Kier alpha value is -2.48. The Labute approximate surface area is 105 Å². The molecule has 90 valence electrons. The first-order chi connectivity index (χ1) is 8.81. The molecule has 5 nitrogen and oxygen atoms in total. The molecule has 3 atom stereocenters. The van der Waals surface area contributed by atoms with Gasteiger partial charge < -0.3 is 10.5 Å². The van der Waals surface area contributed by atoms with Crippen LogP contribution in [-0.2, 0) is 4.74 Å². The lowest BCUT2D eigenvalue weighted by Gasteiger charge is -2.32. The monoisotopic (exact) mass is 240 g/mol. The van der Waals surface area contributed by atoms with Crippen LogP contribution in [0.3, 0.4) is 0 Å². The van der Waals surface area contributed by atoms with Crippen molar-refractivity contribution in [3.8, 4) is 6.07 Å². The maximum Gasteiger partial charge on any atom is 0.201 e. The first-order valence-electron chi connectivity index (χ1n) is 5.71. The highest BCUT2D eigenvalue weighted by Gasteiger charge is 2.41. The molecule has 3 rings (SSSR count). The molecule has 0 aromatic heterocycles. The molecule has 0 bridgehead atoms. The van der Waals surface area contributed by atoms with Crippen molar-refractivity contribution in [2.45, 2.75) is 12.1 Å². The van der Waals surface area contributed by atoms with Crippen molar-refractivity contribution < 1.29 is 4.74 Å². The molecule has 0 amide bonds. The first-order valence-corrected chi connectivity index (χ1v) is 5.71. The largest absolute Gasteiger partial charge is 0.453 e. The minimum absolute atomic E-state index is 0.00523. The van der Waals surface area contributed by atoms with Gasteiger partial charge in [0.25, 0.3) is 0 Å². The third-order valence-corrected chi connectivity index (χ3v) is 3.29. The summed E-state index contributed by atoms with van der Waals surface area (Å²) in [4.78, 5) is 0. The SMILES string of the molecule is N#CC1=C(N)OC2NN=CC2C1c1ccccc1. The van der Waals surface area contributed by atoms with Gasteiger partial charge in [-0.2, -0.15) is 10.4 Å². The molecule has 1 aromatic rings. The minimum Gasteiger partial charge on any atom is -0.453 e. The van der Waals surface area contributed by atoms with Gasteiger partial charge in [0.2, 0.25) is 5.88 Å². The van der Waals surface area contributed by atoms with Crippen molar-refractivity contribution in [2.75, 3.05) is 0 Å². The van der Waals surface area contributed by atoms with Crippen LogP contribution in [0, 0.1) is 17.2 Å². The number of fused-ring (bicyclic) bond motifs is 1. The van der Waals surface area contributed by atoms with E-state index in [1.807, 2.05) is 30.3 Å². The van der Waals surface area contributed by atoms with E-state index in [4.69, 9.17) is 10.5 Å². The number of hydrogen-bond donors (Lipinski definition) is 2. The predicted octanol–water partition coefficient (Wildman–Crippen LogP) is 1.03. The number of nitrogens with one attached hydrogen (secondary N) is 1. The predicted molar refractivity (Wildman–Crippen MR) is 66.0 cm³/mol. The van der Waals surface area contributed by atoms with Crippen molar-refractivity contribution in [1.82, 2.24) is 5.43 Å². The van der Waals surface area contributed by atoms with Gasteiger partial charge in [-0.3, -0.25) is 5.43 Å². The quantitative estimate of drug-likeness (QED) is 0.767. The van der Waals surface area contributed by atoms with Gasteiger partial charge in [-0.15, -0.1) is 0 Å². The molecule has 3 N–H and O–H groups in total. The Morgan fingerprint density at radius 1 is 1.33 bits per heavy atom. The molecule has 3 unspecified atom stereocenters. The summed E-state index contributed by atoms with van der Waals surface area (Å²) in [6.45, 7) is 0. The van der Waals surface area contributed by atoms with E-state index in [0.717, 1.165) is 5.56 Å². The molecule has 0 radical (unpaired) electrons. The van der Waals surface area contributed by atoms with Gasteiger partial charge in [-0.05, 0) is 5.56 Å². The Kier molecular flexibility index (Phi) is 2.41. The molecule has 2 heterocycles.